The highest BCUT2D eigenvalue weighted by atomic mass is 16.3. The van der Waals surface area contributed by atoms with Crippen molar-refractivity contribution in [2.24, 2.45) is 0 Å². The Bertz CT molecular complexity index is 603. The van der Waals surface area contributed by atoms with Crippen LogP contribution in [0.5, 0.6) is 0 Å². The van der Waals surface area contributed by atoms with Crippen molar-refractivity contribution in [3.63, 3.8) is 0 Å². The molecule has 4 nitrogen and oxygen atoms in total. The number of anilines is 1. The average Bonchev–Trinajstić information content (AvgIpc) is 2.80. The lowest BCUT2D eigenvalue weighted by Crippen LogP contribution is -2.44. The molecule has 2 aromatic rings. The second kappa shape index (κ2) is 3.91. The van der Waals surface area contributed by atoms with Crippen LogP contribution < -0.4 is 10.2 Å². The van der Waals surface area contributed by atoms with E-state index in [-0.39, 0.29) is 12.1 Å². The molecule has 1 aliphatic heterocycles. The zero-order chi connectivity index (χ0) is 12.7. The van der Waals surface area contributed by atoms with E-state index in [4.69, 9.17) is 4.42 Å². The van der Waals surface area contributed by atoms with E-state index < -0.39 is 0 Å². The van der Waals surface area contributed by atoms with Crippen molar-refractivity contribution < 1.29 is 9.21 Å². The molecule has 1 N–H and O–H groups in total. The molecule has 0 bridgehead atoms. The minimum atomic E-state index is -0.249. The second-order valence-electron chi connectivity index (χ2n) is 4.45. The maximum atomic E-state index is 12.0. The van der Waals surface area contributed by atoms with Gasteiger partial charge in [-0.2, -0.15) is 0 Å². The van der Waals surface area contributed by atoms with Crippen LogP contribution in [0.25, 0.3) is 0 Å². The molecule has 1 aliphatic rings. The van der Waals surface area contributed by atoms with E-state index in [0.29, 0.717) is 5.56 Å². The Morgan fingerprint density at radius 2 is 2.00 bits per heavy atom. The van der Waals surface area contributed by atoms with Crippen LogP contribution in [0.4, 0.5) is 5.69 Å². The van der Waals surface area contributed by atoms with Gasteiger partial charge in [0.05, 0.1) is 11.3 Å². The van der Waals surface area contributed by atoms with Crippen molar-refractivity contribution in [1.29, 1.82) is 0 Å². The first kappa shape index (κ1) is 10.9. The molecule has 92 valence electrons. The molecule has 4 heteroatoms. The van der Waals surface area contributed by atoms with Gasteiger partial charge in [-0.25, -0.2) is 0 Å². The summed E-state index contributed by atoms with van der Waals surface area (Å²) in [6.45, 7) is 1.89. The Morgan fingerprint density at radius 1 is 1.22 bits per heavy atom. The molecule has 0 fully saturated rings. The lowest BCUT2D eigenvalue weighted by molar-refractivity contribution is 0.0922. The molecular formula is C14H14N2O2. The van der Waals surface area contributed by atoms with Crippen LogP contribution in [-0.4, -0.2) is 13.0 Å². The van der Waals surface area contributed by atoms with Gasteiger partial charge >= 0.3 is 0 Å². The Kier molecular flexibility index (Phi) is 2.37. The summed E-state index contributed by atoms with van der Waals surface area (Å²) < 4.78 is 5.60. The molecule has 1 aromatic heterocycles. The average molecular weight is 242 g/mol. The minimum Gasteiger partial charge on any atom is -0.462 e. The van der Waals surface area contributed by atoms with Gasteiger partial charge in [-0.3, -0.25) is 4.79 Å². The summed E-state index contributed by atoms with van der Waals surface area (Å²) in [6, 6.07) is 11.4. The fraction of sp³-hybridized carbons (Fsp3) is 0.214. The van der Waals surface area contributed by atoms with Crippen LogP contribution in [0, 0.1) is 6.92 Å². The summed E-state index contributed by atoms with van der Waals surface area (Å²) >= 11 is 0. The molecule has 18 heavy (non-hydrogen) atoms. The van der Waals surface area contributed by atoms with Crippen LogP contribution in [0.15, 0.2) is 40.8 Å². The van der Waals surface area contributed by atoms with Crippen LogP contribution in [0.2, 0.25) is 0 Å². The summed E-state index contributed by atoms with van der Waals surface area (Å²) in [5, 5.41) is 2.95. The van der Waals surface area contributed by atoms with E-state index in [9.17, 15) is 4.79 Å². The lowest BCUT2D eigenvalue weighted by atomic mass is 10.1. The molecule has 0 radical (unpaired) electrons. The maximum absolute atomic E-state index is 12.0. The van der Waals surface area contributed by atoms with E-state index in [2.05, 4.69) is 5.32 Å². The number of hydrogen-bond donors (Lipinski definition) is 1. The van der Waals surface area contributed by atoms with Gasteiger partial charge in [0.25, 0.3) is 5.91 Å². The van der Waals surface area contributed by atoms with Gasteiger partial charge in [0.1, 0.15) is 11.5 Å². The minimum absolute atomic E-state index is 0.0669. The molecule has 0 saturated heterocycles. The molecule has 1 amide bonds. The van der Waals surface area contributed by atoms with Gasteiger partial charge in [0, 0.05) is 7.05 Å². The number of nitrogens with zero attached hydrogens (tertiary/aromatic N) is 1. The van der Waals surface area contributed by atoms with Gasteiger partial charge in [0.15, 0.2) is 6.17 Å². The summed E-state index contributed by atoms with van der Waals surface area (Å²) in [4.78, 5) is 14.1. The Labute approximate surface area is 105 Å². The largest absolute Gasteiger partial charge is 0.462 e. The fourth-order valence-electron chi connectivity index (χ4n) is 2.27. The first-order valence-corrected chi connectivity index (χ1v) is 5.86. The number of nitrogens with one attached hydrogen (secondary N) is 1. The third kappa shape index (κ3) is 1.57. The number of amides is 1. The standard InChI is InChI=1S/C14H14N2O2/c1-9-7-8-12(18-9)13-15-14(17)10-5-3-4-6-11(10)16(13)2/h3-8,13H,1-2H3,(H,15,17)/t13-/m1/s1. The number of rotatable bonds is 1. The number of hydrogen-bond acceptors (Lipinski definition) is 3. The zero-order valence-electron chi connectivity index (χ0n) is 10.3. The Balaban J connectivity index is 2.04. The SMILES string of the molecule is Cc1ccc([C@@H]2NC(=O)c3ccccc3N2C)o1. The van der Waals surface area contributed by atoms with E-state index >= 15 is 0 Å². The second-order valence-corrected chi connectivity index (χ2v) is 4.45. The van der Waals surface area contributed by atoms with Gasteiger partial charge in [0.2, 0.25) is 0 Å². The third-order valence-corrected chi connectivity index (χ3v) is 3.21. The summed E-state index contributed by atoms with van der Waals surface area (Å²) in [5.74, 6) is 1.52. The van der Waals surface area contributed by atoms with Crippen molar-refractivity contribution in [3.05, 3.63) is 53.5 Å². The van der Waals surface area contributed by atoms with Crippen molar-refractivity contribution >= 4 is 11.6 Å². The number of para-hydroxylation sites is 1. The number of carbonyl (C=O) groups excluding carboxylic acids is 1. The Hall–Kier alpha value is -2.23. The molecule has 0 saturated carbocycles. The Morgan fingerprint density at radius 3 is 2.72 bits per heavy atom. The van der Waals surface area contributed by atoms with Gasteiger partial charge in [-0.15, -0.1) is 0 Å². The van der Waals surface area contributed by atoms with Crippen molar-refractivity contribution in [1.82, 2.24) is 5.32 Å². The molecule has 0 aliphatic carbocycles. The van der Waals surface area contributed by atoms with Gasteiger partial charge < -0.3 is 14.6 Å². The lowest BCUT2D eigenvalue weighted by Gasteiger charge is -2.34. The molecule has 2 heterocycles. The number of furan rings is 1. The first-order chi connectivity index (χ1) is 8.66. The highest BCUT2D eigenvalue weighted by Gasteiger charge is 2.30. The zero-order valence-corrected chi connectivity index (χ0v) is 10.3. The predicted octanol–water partition coefficient (Wildman–Crippen LogP) is 2.47. The summed E-state index contributed by atoms with van der Waals surface area (Å²) in [6.07, 6.45) is -0.249. The molecule has 1 atom stereocenters. The summed E-state index contributed by atoms with van der Waals surface area (Å²) in [5.41, 5.74) is 1.61. The molecule has 0 spiro atoms. The van der Waals surface area contributed by atoms with E-state index in [1.165, 1.54) is 0 Å². The van der Waals surface area contributed by atoms with Crippen LogP contribution in [0.3, 0.4) is 0 Å². The normalized spacial score (nSPS) is 18.4. The van der Waals surface area contributed by atoms with Crippen LogP contribution >= 0.6 is 0 Å². The van der Waals surface area contributed by atoms with Gasteiger partial charge in [-0.05, 0) is 31.2 Å². The van der Waals surface area contributed by atoms with Crippen molar-refractivity contribution in [3.8, 4) is 0 Å². The molecule has 3 rings (SSSR count). The molecule has 1 aromatic carbocycles. The monoisotopic (exact) mass is 242 g/mol. The van der Waals surface area contributed by atoms with E-state index in [1.807, 2.05) is 55.3 Å². The molecular weight excluding hydrogens is 228 g/mol. The number of aryl methyl sites for hydroxylation is 1. The number of fused-ring (bicyclic) bond motifs is 1. The van der Waals surface area contributed by atoms with E-state index in [1.54, 1.807) is 0 Å². The third-order valence-electron chi connectivity index (χ3n) is 3.21. The first-order valence-electron chi connectivity index (χ1n) is 5.86. The van der Waals surface area contributed by atoms with E-state index in [0.717, 1.165) is 17.2 Å². The number of carbonyl (C=O) groups is 1. The van der Waals surface area contributed by atoms with Crippen LogP contribution in [-0.2, 0) is 0 Å². The van der Waals surface area contributed by atoms with Crippen molar-refractivity contribution in [2.75, 3.05) is 11.9 Å². The van der Waals surface area contributed by atoms with Gasteiger partial charge in [-0.1, -0.05) is 12.1 Å². The topological polar surface area (TPSA) is 45.5 Å². The highest BCUT2D eigenvalue weighted by Crippen LogP contribution is 2.31. The fourth-order valence-corrected chi connectivity index (χ4v) is 2.27. The smallest absolute Gasteiger partial charge is 0.255 e. The maximum Gasteiger partial charge on any atom is 0.255 e. The summed E-state index contributed by atoms with van der Waals surface area (Å²) in [7, 11) is 1.95. The molecule has 0 unspecified atom stereocenters. The quantitative estimate of drug-likeness (QED) is 0.835. The predicted molar refractivity (Wildman–Crippen MR) is 68.5 cm³/mol. The van der Waals surface area contributed by atoms with Crippen LogP contribution in [0.1, 0.15) is 28.0 Å². The number of benzene rings is 1. The highest BCUT2D eigenvalue weighted by molar-refractivity contribution is 6.01. The van der Waals surface area contributed by atoms with Crippen molar-refractivity contribution in [2.45, 2.75) is 13.1 Å².